The average Bonchev–Trinajstić information content (AvgIpc) is 1.50. The SMILES string of the molecule is [CH2-]C.[Cl][Ni]. The number of halogens is 1. The Hall–Kier alpha value is 0.784. The van der Waals surface area contributed by atoms with Gasteiger partial charge in [0.1, 0.15) is 0 Å². The van der Waals surface area contributed by atoms with Gasteiger partial charge < -0.3 is 6.92 Å². The molecule has 0 aliphatic rings. The van der Waals surface area contributed by atoms with Gasteiger partial charge in [0.05, 0.1) is 0 Å². The van der Waals surface area contributed by atoms with Gasteiger partial charge in [-0.3, -0.25) is 0 Å². The van der Waals surface area contributed by atoms with Gasteiger partial charge in [-0.2, -0.15) is 6.92 Å². The summed E-state index contributed by atoms with van der Waals surface area (Å²) in [5.41, 5.74) is 0. The Morgan fingerprint density at radius 2 is 1.50 bits per heavy atom. The van der Waals surface area contributed by atoms with Crippen LogP contribution in [0.25, 0.3) is 0 Å². The molecule has 0 aromatic carbocycles. The van der Waals surface area contributed by atoms with Crippen molar-refractivity contribution in [3.05, 3.63) is 6.92 Å². The van der Waals surface area contributed by atoms with Crippen LogP contribution in [0.4, 0.5) is 0 Å². The minimum atomic E-state index is 1.75. The molecule has 0 saturated heterocycles. The third-order valence-electron chi connectivity index (χ3n) is 0. The van der Waals surface area contributed by atoms with Gasteiger partial charge in [-0.15, -0.1) is 0 Å². The molecule has 0 aromatic rings. The van der Waals surface area contributed by atoms with E-state index in [0.29, 0.717) is 0 Å². The molecule has 2 heteroatoms. The molecule has 0 amide bonds. The minimum absolute atomic E-state index is 1.75. The van der Waals surface area contributed by atoms with E-state index in [2.05, 4.69) is 31.7 Å². The second kappa shape index (κ2) is 47.8. The van der Waals surface area contributed by atoms with Gasteiger partial charge in [0.2, 0.25) is 0 Å². The molecule has 0 nitrogen and oxygen atoms in total. The van der Waals surface area contributed by atoms with Gasteiger partial charge in [0, 0.05) is 0 Å². The normalized spacial score (nSPS) is 3.25. The fourth-order valence-corrected chi connectivity index (χ4v) is 0. The van der Waals surface area contributed by atoms with Crippen LogP contribution in [-0.2, 0) is 14.6 Å². The molecule has 0 fully saturated rings. The van der Waals surface area contributed by atoms with E-state index in [-0.39, 0.29) is 0 Å². The Morgan fingerprint density at radius 1 is 1.50 bits per heavy atom. The van der Waals surface area contributed by atoms with Gasteiger partial charge in [-0.1, -0.05) is 0 Å². The van der Waals surface area contributed by atoms with Crippen molar-refractivity contribution >= 4 is 10.2 Å². The molecule has 0 aliphatic carbocycles. The molecule has 0 aliphatic heterocycles. The monoisotopic (exact) mass is 122 g/mol. The van der Waals surface area contributed by atoms with E-state index in [0.717, 1.165) is 0 Å². The Balaban J connectivity index is 0. The molecule has 0 bridgehead atoms. The Labute approximate surface area is 39.2 Å². The molecule has 0 rings (SSSR count). The van der Waals surface area contributed by atoms with Crippen LogP contribution in [0.5, 0.6) is 0 Å². The number of hydrogen-bond donors (Lipinski definition) is 0. The van der Waals surface area contributed by atoms with Crippen molar-refractivity contribution in [2.24, 2.45) is 0 Å². The summed E-state index contributed by atoms with van der Waals surface area (Å²) in [6, 6.07) is 0. The first kappa shape index (κ1) is 8.84. The van der Waals surface area contributed by atoms with Crippen molar-refractivity contribution in [2.45, 2.75) is 6.92 Å². The average molecular weight is 123 g/mol. The Morgan fingerprint density at radius 3 is 1.50 bits per heavy atom. The van der Waals surface area contributed by atoms with Crippen LogP contribution in [0.1, 0.15) is 6.92 Å². The zero-order valence-corrected chi connectivity index (χ0v) is 4.14. The van der Waals surface area contributed by atoms with Crippen molar-refractivity contribution in [1.29, 1.82) is 0 Å². The quantitative estimate of drug-likeness (QED) is 0.338. The van der Waals surface area contributed by atoms with E-state index in [4.69, 9.17) is 0 Å². The van der Waals surface area contributed by atoms with E-state index in [1.165, 1.54) is 0 Å². The standard InChI is InChI=1S/C2H5.ClH.Ni/c1-2;;/h1H2,2H3;1H;/q-1;;+1/p-1. The van der Waals surface area contributed by atoms with E-state index < -0.39 is 0 Å². The van der Waals surface area contributed by atoms with E-state index in [1.54, 1.807) is 6.92 Å². The maximum absolute atomic E-state index is 4.26. The summed E-state index contributed by atoms with van der Waals surface area (Å²) < 4.78 is 0. The van der Waals surface area contributed by atoms with Crippen molar-refractivity contribution in [1.82, 2.24) is 0 Å². The van der Waals surface area contributed by atoms with Gasteiger partial charge >= 0.3 is 24.8 Å². The maximum atomic E-state index is 4.26. The molecule has 0 N–H and O–H groups in total. The van der Waals surface area contributed by atoms with Crippen molar-refractivity contribution < 1.29 is 14.6 Å². The van der Waals surface area contributed by atoms with Gasteiger partial charge in [0.25, 0.3) is 0 Å². The third-order valence-corrected chi connectivity index (χ3v) is 0. The first-order valence-corrected chi connectivity index (χ1v) is 2.19. The van der Waals surface area contributed by atoms with E-state index in [1.807, 2.05) is 0 Å². The van der Waals surface area contributed by atoms with Crippen LogP contribution in [0, 0.1) is 6.92 Å². The van der Waals surface area contributed by atoms with Gasteiger partial charge in [-0.25, -0.2) is 0 Å². The first-order chi connectivity index (χ1) is 2.00. The molecular weight excluding hydrogens is 118 g/mol. The predicted octanol–water partition coefficient (Wildman–Crippen LogP) is 1.53. The molecule has 0 atom stereocenters. The molecule has 4 heavy (non-hydrogen) atoms. The summed E-state index contributed by atoms with van der Waals surface area (Å²) in [6.07, 6.45) is 0. The van der Waals surface area contributed by atoms with Gasteiger partial charge in [0.15, 0.2) is 0 Å². The van der Waals surface area contributed by atoms with Crippen molar-refractivity contribution in [2.75, 3.05) is 0 Å². The molecule has 0 aromatic heterocycles. The van der Waals surface area contributed by atoms with Crippen molar-refractivity contribution in [3.8, 4) is 0 Å². The Bertz CT molecular complexity index is 6.00. The molecular formula is C2H5ClNi-. The molecule has 0 saturated carbocycles. The third kappa shape index (κ3) is 14.4. The Kier molecular flexibility index (Phi) is 106. The van der Waals surface area contributed by atoms with Gasteiger partial charge in [-0.05, 0) is 0 Å². The fourth-order valence-electron chi connectivity index (χ4n) is 0. The second-order valence-electron chi connectivity index (χ2n) is 0. The van der Waals surface area contributed by atoms with Crippen LogP contribution in [0.15, 0.2) is 0 Å². The number of rotatable bonds is 0. The summed E-state index contributed by atoms with van der Waals surface area (Å²) in [5.74, 6) is 0. The molecule has 0 heterocycles. The summed E-state index contributed by atoms with van der Waals surface area (Å²) in [7, 11) is 4.26. The molecule has 0 unspecified atom stereocenters. The molecule has 0 spiro atoms. The number of hydrogen-bond acceptors (Lipinski definition) is 0. The van der Waals surface area contributed by atoms with Crippen LogP contribution >= 0.6 is 10.2 Å². The fraction of sp³-hybridized carbons (Fsp3) is 0.500. The zero-order valence-electron chi connectivity index (χ0n) is 2.40. The van der Waals surface area contributed by atoms with Crippen LogP contribution < -0.4 is 0 Å². The van der Waals surface area contributed by atoms with Crippen LogP contribution in [0.3, 0.4) is 0 Å². The first-order valence-electron chi connectivity index (χ1n) is 0.827. The second-order valence-corrected chi connectivity index (χ2v) is 0. The zero-order chi connectivity index (χ0) is 4.00. The summed E-state index contributed by atoms with van der Waals surface area (Å²) in [5, 5.41) is 0. The summed E-state index contributed by atoms with van der Waals surface area (Å²) in [4.78, 5) is 0. The van der Waals surface area contributed by atoms with E-state index in [9.17, 15) is 0 Å². The predicted molar refractivity (Wildman–Crippen MR) is 16.9 cm³/mol. The molecule has 0 radical (unpaired) electrons. The van der Waals surface area contributed by atoms with Crippen LogP contribution in [-0.4, -0.2) is 0 Å². The topological polar surface area (TPSA) is 0 Å². The van der Waals surface area contributed by atoms with Crippen LogP contribution in [0.2, 0.25) is 0 Å². The summed E-state index contributed by atoms with van der Waals surface area (Å²) >= 11 is 3.35. The van der Waals surface area contributed by atoms with E-state index >= 15 is 0 Å². The van der Waals surface area contributed by atoms with Crippen molar-refractivity contribution in [3.63, 3.8) is 0 Å². The summed E-state index contributed by atoms with van der Waals surface area (Å²) in [6.45, 7) is 5.00. The molecule has 31 valence electrons.